The monoisotopic (exact) mass is 441 g/mol. The van der Waals surface area contributed by atoms with Gasteiger partial charge < -0.3 is 19.4 Å². The highest BCUT2D eigenvalue weighted by Crippen LogP contribution is 2.29. The van der Waals surface area contributed by atoms with Gasteiger partial charge in [0, 0.05) is 50.5 Å². The van der Waals surface area contributed by atoms with E-state index in [1.54, 1.807) is 7.11 Å². The number of fused-ring (bicyclic) bond motifs is 1. The Hall–Kier alpha value is -3.47. The number of hydrogen-bond acceptors (Lipinski definition) is 4. The third-order valence-corrected chi connectivity index (χ3v) is 6.77. The highest BCUT2D eigenvalue weighted by atomic mass is 16.5. The van der Waals surface area contributed by atoms with Gasteiger partial charge in [0.05, 0.1) is 12.8 Å². The molecule has 1 amide bonds. The molecule has 3 aromatic rings. The van der Waals surface area contributed by atoms with Crippen molar-refractivity contribution in [1.82, 2.24) is 4.90 Å². The number of amides is 1. The number of anilines is 2. The average Bonchev–Trinajstić information content (AvgIpc) is 2.89. The molecule has 0 radical (unpaired) electrons. The third-order valence-electron chi connectivity index (χ3n) is 6.77. The summed E-state index contributed by atoms with van der Waals surface area (Å²) >= 11 is 0. The van der Waals surface area contributed by atoms with Crippen LogP contribution in [-0.4, -0.2) is 50.6 Å². The van der Waals surface area contributed by atoms with Crippen LogP contribution in [0.2, 0.25) is 0 Å². The van der Waals surface area contributed by atoms with E-state index in [1.807, 2.05) is 35.2 Å². The fourth-order valence-electron chi connectivity index (χ4n) is 4.97. The van der Waals surface area contributed by atoms with E-state index in [0.717, 1.165) is 49.6 Å². The molecule has 3 aromatic carbocycles. The minimum absolute atomic E-state index is 0.115. The summed E-state index contributed by atoms with van der Waals surface area (Å²) in [6.07, 6.45) is 2.35. The van der Waals surface area contributed by atoms with Crippen molar-refractivity contribution >= 4 is 17.3 Å². The van der Waals surface area contributed by atoms with Gasteiger partial charge in [-0.3, -0.25) is 4.79 Å². The number of ether oxygens (including phenoxy) is 1. The van der Waals surface area contributed by atoms with E-state index in [4.69, 9.17) is 4.74 Å². The van der Waals surface area contributed by atoms with Crippen LogP contribution >= 0.6 is 0 Å². The molecule has 2 heterocycles. The van der Waals surface area contributed by atoms with E-state index in [0.29, 0.717) is 13.1 Å². The number of aryl methyl sites for hydroxylation is 1. The lowest BCUT2D eigenvalue weighted by Gasteiger charge is -2.36. The molecule has 5 rings (SSSR count). The topological polar surface area (TPSA) is 36.0 Å². The summed E-state index contributed by atoms with van der Waals surface area (Å²) in [6.45, 7) is 4.99. The number of benzene rings is 3. The van der Waals surface area contributed by atoms with Gasteiger partial charge in [-0.15, -0.1) is 0 Å². The Labute approximate surface area is 196 Å². The summed E-state index contributed by atoms with van der Waals surface area (Å²) in [5, 5.41) is 0. The summed E-state index contributed by atoms with van der Waals surface area (Å²) in [5.74, 6) is 0.994. The highest BCUT2D eigenvalue weighted by Gasteiger charge is 2.24. The van der Waals surface area contributed by atoms with Crippen LogP contribution in [0, 0.1) is 0 Å². The van der Waals surface area contributed by atoms with Crippen molar-refractivity contribution in [3.63, 3.8) is 0 Å². The lowest BCUT2D eigenvalue weighted by Crippen LogP contribution is -2.48. The molecule has 1 fully saturated rings. The second kappa shape index (κ2) is 9.57. The van der Waals surface area contributed by atoms with Gasteiger partial charge in [0.1, 0.15) is 5.75 Å². The maximum absolute atomic E-state index is 13.1. The first kappa shape index (κ1) is 21.4. The van der Waals surface area contributed by atoms with E-state index in [9.17, 15) is 4.79 Å². The Bertz CT molecular complexity index is 1100. The Morgan fingerprint density at radius 3 is 2.27 bits per heavy atom. The molecule has 1 saturated heterocycles. The summed E-state index contributed by atoms with van der Waals surface area (Å²) < 4.78 is 5.50. The van der Waals surface area contributed by atoms with Crippen molar-refractivity contribution in [3.8, 4) is 5.75 Å². The van der Waals surface area contributed by atoms with Gasteiger partial charge in [-0.2, -0.15) is 0 Å². The molecule has 33 heavy (non-hydrogen) atoms. The molecule has 0 spiro atoms. The standard InChI is InChI=1S/C28H31N3O2/c1-33-27-11-5-4-10-26(27)29-17-19-30(20-18-29)28(32)24-14-12-22(13-15-24)21-31-16-6-8-23-7-2-3-9-25(23)31/h2-5,7,9-15H,6,8,16-21H2,1H3. The fourth-order valence-corrected chi connectivity index (χ4v) is 4.97. The van der Waals surface area contributed by atoms with Crippen molar-refractivity contribution < 1.29 is 9.53 Å². The number of piperazine rings is 1. The van der Waals surface area contributed by atoms with Gasteiger partial charge in [0.15, 0.2) is 0 Å². The number of nitrogens with zero attached hydrogens (tertiary/aromatic N) is 3. The Kier molecular flexibility index (Phi) is 6.20. The number of para-hydroxylation sites is 3. The molecule has 2 aliphatic rings. The van der Waals surface area contributed by atoms with Gasteiger partial charge in [-0.1, -0.05) is 42.5 Å². The zero-order chi connectivity index (χ0) is 22.6. The zero-order valence-electron chi connectivity index (χ0n) is 19.2. The zero-order valence-corrected chi connectivity index (χ0v) is 19.2. The minimum atomic E-state index is 0.115. The number of methoxy groups -OCH3 is 1. The molecule has 170 valence electrons. The number of carbonyl (C=O) groups excluding carboxylic acids is 1. The second-order valence-electron chi connectivity index (χ2n) is 8.80. The summed E-state index contributed by atoms with van der Waals surface area (Å²) in [7, 11) is 1.70. The molecule has 5 heteroatoms. The SMILES string of the molecule is COc1ccccc1N1CCN(C(=O)c2ccc(CN3CCCc4ccccc43)cc2)CC1. The third kappa shape index (κ3) is 4.54. The van der Waals surface area contributed by atoms with Crippen molar-refractivity contribution in [2.24, 2.45) is 0 Å². The van der Waals surface area contributed by atoms with Crippen LogP contribution in [0.15, 0.2) is 72.8 Å². The Morgan fingerprint density at radius 2 is 1.52 bits per heavy atom. The van der Waals surface area contributed by atoms with Gasteiger partial charge in [0.25, 0.3) is 5.91 Å². The molecule has 0 N–H and O–H groups in total. The van der Waals surface area contributed by atoms with Gasteiger partial charge in [-0.25, -0.2) is 0 Å². The van der Waals surface area contributed by atoms with E-state index < -0.39 is 0 Å². The molecule has 2 aliphatic heterocycles. The van der Waals surface area contributed by atoms with Crippen molar-refractivity contribution in [1.29, 1.82) is 0 Å². The molecular weight excluding hydrogens is 410 g/mol. The smallest absolute Gasteiger partial charge is 0.253 e. The molecule has 0 atom stereocenters. The molecule has 0 bridgehead atoms. The van der Waals surface area contributed by atoms with Crippen LogP contribution in [-0.2, 0) is 13.0 Å². The predicted molar refractivity (Wildman–Crippen MR) is 133 cm³/mol. The largest absolute Gasteiger partial charge is 0.495 e. The average molecular weight is 442 g/mol. The van der Waals surface area contributed by atoms with E-state index in [-0.39, 0.29) is 5.91 Å². The molecular formula is C28H31N3O2. The summed E-state index contributed by atoms with van der Waals surface area (Å²) in [6, 6.07) is 25.0. The molecule has 0 aromatic heterocycles. The van der Waals surface area contributed by atoms with Gasteiger partial charge in [0.2, 0.25) is 0 Å². The summed E-state index contributed by atoms with van der Waals surface area (Å²) in [5.41, 5.74) is 5.88. The number of carbonyl (C=O) groups is 1. The number of rotatable bonds is 5. The highest BCUT2D eigenvalue weighted by molar-refractivity contribution is 5.94. The summed E-state index contributed by atoms with van der Waals surface area (Å²) in [4.78, 5) is 19.8. The molecule has 5 nitrogen and oxygen atoms in total. The maximum atomic E-state index is 13.1. The lowest BCUT2D eigenvalue weighted by atomic mass is 10.0. The molecule has 0 saturated carbocycles. The fraction of sp³-hybridized carbons (Fsp3) is 0.321. The van der Waals surface area contributed by atoms with Crippen molar-refractivity contribution in [3.05, 3.63) is 89.5 Å². The Morgan fingerprint density at radius 1 is 0.818 bits per heavy atom. The normalized spacial score (nSPS) is 15.8. The van der Waals surface area contributed by atoms with Crippen LogP contribution in [0.3, 0.4) is 0 Å². The molecule has 0 aliphatic carbocycles. The maximum Gasteiger partial charge on any atom is 0.253 e. The number of hydrogen-bond donors (Lipinski definition) is 0. The Balaban J connectivity index is 1.20. The lowest BCUT2D eigenvalue weighted by molar-refractivity contribution is 0.0746. The van der Waals surface area contributed by atoms with Crippen LogP contribution in [0.25, 0.3) is 0 Å². The molecule has 0 unspecified atom stereocenters. The van der Waals surface area contributed by atoms with Crippen LogP contribution in [0.5, 0.6) is 5.75 Å². The van der Waals surface area contributed by atoms with E-state index in [2.05, 4.69) is 52.3 Å². The quantitative estimate of drug-likeness (QED) is 0.579. The van der Waals surface area contributed by atoms with Crippen molar-refractivity contribution in [2.45, 2.75) is 19.4 Å². The predicted octanol–water partition coefficient (Wildman–Crippen LogP) is 4.61. The van der Waals surface area contributed by atoms with Gasteiger partial charge in [-0.05, 0) is 54.3 Å². The van der Waals surface area contributed by atoms with E-state index >= 15 is 0 Å². The van der Waals surface area contributed by atoms with Crippen molar-refractivity contribution in [2.75, 3.05) is 49.6 Å². The van der Waals surface area contributed by atoms with Crippen LogP contribution in [0.1, 0.15) is 27.9 Å². The minimum Gasteiger partial charge on any atom is -0.495 e. The van der Waals surface area contributed by atoms with Crippen LogP contribution < -0.4 is 14.5 Å². The first-order valence-corrected chi connectivity index (χ1v) is 11.8. The van der Waals surface area contributed by atoms with Crippen LogP contribution in [0.4, 0.5) is 11.4 Å². The second-order valence-corrected chi connectivity index (χ2v) is 8.80. The van der Waals surface area contributed by atoms with Gasteiger partial charge >= 0.3 is 0 Å². The first-order valence-electron chi connectivity index (χ1n) is 11.8. The first-order chi connectivity index (χ1) is 16.2. The van der Waals surface area contributed by atoms with E-state index in [1.165, 1.54) is 23.2 Å².